The van der Waals surface area contributed by atoms with Crippen LogP contribution in [0, 0.1) is 0 Å². The van der Waals surface area contributed by atoms with Gasteiger partial charge < -0.3 is 9.97 Å². The van der Waals surface area contributed by atoms with Crippen LogP contribution in [-0.4, -0.2) is 31.4 Å². The van der Waals surface area contributed by atoms with E-state index in [-0.39, 0.29) is 5.56 Å². The van der Waals surface area contributed by atoms with Crippen molar-refractivity contribution in [3.63, 3.8) is 0 Å². The summed E-state index contributed by atoms with van der Waals surface area (Å²) in [6, 6.07) is 9.75. The van der Waals surface area contributed by atoms with Crippen LogP contribution in [0.2, 0.25) is 0 Å². The van der Waals surface area contributed by atoms with Crippen LogP contribution in [0.5, 0.6) is 0 Å². The van der Waals surface area contributed by atoms with Crippen molar-refractivity contribution in [3.05, 3.63) is 70.2 Å². The standard InChI is InChI=1S/C17H17N5O/c23-17-13-10-22(11-15-18-7-8-19-15)9-6-14(13)20-16(21-17)12-4-2-1-3-5-12/h1-5,7-8H,6,9-11H2,(H,18,19)(H,20,21,23). The van der Waals surface area contributed by atoms with Gasteiger partial charge in [0, 0.05) is 37.5 Å². The minimum absolute atomic E-state index is 0.0435. The van der Waals surface area contributed by atoms with Gasteiger partial charge in [-0.25, -0.2) is 9.97 Å². The molecule has 1 aliphatic heterocycles. The number of benzene rings is 1. The molecule has 0 saturated heterocycles. The van der Waals surface area contributed by atoms with E-state index in [9.17, 15) is 4.79 Å². The molecule has 0 unspecified atom stereocenters. The first kappa shape index (κ1) is 13.9. The molecule has 1 aliphatic rings. The molecule has 116 valence electrons. The Hall–Kier alpha value is -2.73. The molecular weight excluding hydrogens is 290 g/mol. The normalized spacial score (nSPS) is 14.6. The molecule has 0 spiro atoms. The molecule has 23 heavy (non-hydrogen) atoms. The lowest BCUT2D eigenvalue weighted by molar-refractivity contribution is 0.236. The topological polar surface area (TPSA) is 77.7 Å². The quantitative estimate of drug-likeness (QED) is 0.772. The summed E-state index contributed by atoms with van der Waals surface area (Å²) >= 11 is 0. The number of nitrogens with one attached hydrogen (secondary N) is 2. The zero-order chi connectivity index (χ0) is 15.6. The van der Waals surface area contributed by atoms with E-state index in [2.05, 4.69) is 24.8 Å². The molecule has 2 N–H and O–H groups in total. The first-order valence-corrected chi connectivity index (χ1v) is 7.68. The van der Waals surface area contributed by atoms with Gasteiger partial charge in [0.2, 0.25) is 0 Å². The molecule has 0 radical (unpaired) electrons. The average molecular weight is 307 g/mol. The summed E-state index contributed by atoms with van der Waals surface area (Å²) < 4.78 is 0. The number of nitrogens with zero attached hydrogens (tertiary/aromatic N) is 3. The minimum Gasteiger partial charge on any atom is -0.348 e. The van der Waals surface area contributed by atoms with Crippen LogP contribution in [0.3, 0.4) is 0 Å². The second-order valence-electron chi connectivity index (χ2n) is 5.70. The van der Waals surface area contributed by atoms with E-state index in [1.165, 1.54) is 0 Å². The molecule has 0 fully saturated rings. The number of rotatable bonds is 3. The van der Waals surface area contributed by atoms with Gasteiger partial charge in [0.05, 0.1) is 17.8 Å². The van der Waals surface area contributed by atoms with E-state index in [0.717, 1.165) is 35.6 Å². The molecule has 0 atom stereocenters. The second kappa shape index (κ2) is 5.81. The van der Waals surface area contributed by atoms with Crippen molar-refractivity contribution in [1.29, 1.82) is 0 Å². The van der Waals surface area contributed by atoms with Crippen LogP contribution in [-0.2, 0) is 19.5 Å². The van der Waals surface area contributed by atoms with Crippen LogP contribution < -0.4 is 5.56 Å². The predicted molar refractivity (Wildman–Crippen MR) is 86.7 cm³/mol. The maximum absolute atomic E-state index is 12.5. The molecule has 4 rings (SSSR count). The van der Waals surface area contributed by atoms with E-state index >= 15 is 0 Å². The van der Waals surface area contributed by atoms with Gasteiger partial charge in [-0.2, -0.15) is 0 Å². The molecule has 6 nitrogen and oxygen atoms in total. The zero-order valence-corrected chi connectivity index (χ0v) is 12.6. The lowest BCUT2D eigenvalue weighted by atomic mass is 10.1. The summed E-state index contributed by atoms with van der Waals surface area (Å²) in [6.45, 7) is 2.19. The van der Waals surface area contributed by atoms with Crippen LogP contribution in [0.1, 0.15) is 17.1 Å². The molecule has 3 aromatic rings. The van der Waals surface area contributed by atoms with Crippen LogP contribution in [0.25, 0.3) is 11.4 Å². The predicted octanol–water partition coefficient (Wildman–Crippen LogP) is 1.72. The first-order chi connectivity index (χ1) is 11.3. The van der Waals surface area contributed by atoms with Gasteiger partial charge in [0.25, 0.3) is 5.56 Å². The number of fused-ring (bicyclic) bond motifs is 1. The van der Waals surface area contributed by atoms with Gasteiger partial charge in [-0.05, 0) is 0 Å². The van der Waals surface area contributed by atoms with Crippen LogP contribution >= 0.6 is 0 Å². The highest BCUT2D eigenvalue weighted by molar-refractivity contribution is 5.54. The van der Waals surface area contributed by atoms with E-state index in [4.69, 9.17) is 0 Å². The Balaban J connectivity index is 1.62. The highest BCUT2D eigenvalue weighted by Crippen LogP contribution is 2.19. The Morgan fingerprint density at radius 2 is 2.09 bits per heavy atom. The Morgan fingerprint density at radius 1 is 1.22 bits per heavy atom. The summed E-state index contributed by atoms with van der Waals surface area (Å²) in [4.78, 5) is 29.6. The van der Waals surface area contributed by atoms with Gasteiger partial charge in [-0.3, -0.25) is 9.69 Å². The number of aromatic nitrogens is 4. The SMILES string of the molecule is O=c1[nH]c(-c2ccccc2)nc2c1CN(Cc1ncc[nH]1)CC2. The molecular formula is C17H17N5O. The Morgan fingerprint density at radius 3 is 2.87 bits per heavy atom. The fourth-order valence-corrected chi connectivity index (χ4v) is 2.94. The van der Waals surface area contributed by atoms with Gasteiger partial charge in [0.15, 0.2) is 0 Å². The lowest BCUT2D eigenvalue weighted by Crippen LogP contribution is -2.35. The van der Waals surface area contributed by atoms with Crippen LogP contribution in [0.15, 0.2) is 47.5 Å². The van der Waals surface area contributed by atoms with Crippen molar-refractivity contribution >= 4 is 0 Å². The van der Waals surface area contributed by atoms with E-state index in [0.29, 0.717) is 18.9 Å². The van der Waals surface area contributed by atoms with Crippen molar-refractivity contribution in [3.8, 4) is 11.4 Å². The molecule has 0 bridgehead atoms. The van der Waals surface area contributed by atoms with Crippen molar-refractivity contribution < 1.29 is 0 Å². The second-order valence-corrected chi connectivity index (χ2v) is 5.70. The number of hydrogen-bond donors (Lipinski definition) is 2. The fraction of sp³-hybridized carbons (Fsp3) is 0.235. The molecule has 0 saturated carbocycles. The molecule has 1 aromatic carbocycles. The maximum atomic E-state index is 12.5. The van der Waals surface area contributed by atoms with Crippen molar-refractivity contribution in [2.24, 2.45) is 0 Å². The third-order valence-corrected chi connectivity index (χ3v) is 4.12. The smallest absolute Gasteiger partial charge is 0.255 e. The molecule has 0 amide bonds. The Kier molecular flexibility index (Phi) is 3.51. The maximum Gasteiger partial charge on any atom is 0.255 e. The summed E-state index contributed by atoms with van der Waals surface area (Å²) in [5.74, 6) is 1.56. The van der Waals surface area contributed by atoms with Gasteiger partial charge >= 0.3 is 0 Å². The largest absolute Gasteiger partial charge is 0.348 e. The summed E-state index contributed by atoms with van der Waals surface area (Å²) in [7, 11) is 0. The Bertz CT molecular complexity index is 854. The van der Waals surface area contributed by atoms with Gasteiger partial charge in [0.1, 0.15) is 11.6 Å². The first-order valence-electron chi connectivity index (χ1n) is 7.68. The monoisotopic (exact) mass is 307 g/mol. The summed E-state index contributed by atoms with van der Waals surface area (Å²) in [5, 5.41) is 0. The van der Waals surface area contributed by atoms with E-state index < -0.39 is 0 Å². The van der Waals surface area contributed by atoms with Crippen molar-refractivity contribution in [2.75, 3.05) is 6.54 Å². The van der Waals surface area contributed by atoms with Gasteiger partial charge in [-0.15, -0.1) is 0 Å². The van der Waals surface area contributed by atoms with Crippen LogP contribution in [0.4, 0.5) is 0 Å². The number of hydrogen-bond acceptors (Lipinski definition) is 4. The lowest BCUT2D eigenvalue weighted by Gasteiger charge is -2.26. The third kappa shape index (κ3) is 2.80. The molecule has 2 aromatic heterocycles. The molecule has 3 heterocycles. The van der Waals surface area contributed by atoms with E-state index in [1.54, 1.807) is 6.20 Å². The van der Waals surface area contributed by atoms with E-state index in [1.807, 2.05) is 36.5 Å². The fourth-order valence-electron chi connectivity index (χ4n) is 2.94. The van der Waals surface area contributed by atoms with Crippen molar-refractivity contribution in [1.82, 2.24) is 24.8 Å². The van der Waals surface area contributed by atoms with Gasteiger partial charge in [-0.1, -0.05) is 30.3 Å². The Labute approximate surface area is 133 Å². The highest BCUT2D eigenvalue weighted by atomic mass is 16.1. The number of imidazole rings is 1. The summed E-state index contributed by atoms with van der Waals surface area (Å²) in [5.41, 5.74) is 2.56. The number of H-pyrrole nitrogens is 2. The third-order valence-electron chi connectivity index (χ3n) is 4.12. The van der Waals surface area contributed by atoms with Crippen molar-refractivity contribution in [2.45, 2.75) is 19.5 Å². The average Bonchev–Trinajstić information content (AvgIpc) is 3.09. The summed E-state index contributed by atoms with van der Waals surface area (Å²) in [6.07, 6.45) is 4.33. The number of aromatic amines is 2. The molecule has 6 heteroatoms. The minimum atomic E-state index is -0.0435. The molecule has 0 aliphatic carbocycles. The highest BCUT2D eigenvalue weighted by Gasteiger charge is 2.21. The zero-order valence-electron chi connectivity index (χ0n) is 12.6.